The number of benzene rings is 3. The molecule has 1 N–H and O–H groups in total. The van der Waals surface area contributed by atoms with Gasteiger partial charge in [0.05, 0.1) is 39.4 Å². The largest absolute Gasteiger partial charge is 0.479 e. The fourth-order valence-electron chi connectivity index (χ4n) is 5.11. The fourth-order valence-corrected chi connectivity index (χ4v) is 6.34. The molecule has 0 bridgehead atoms. The number of ether oxygens (including phenoxy) is 1. The fraction of sp³-hybridized carbons (Fsp3) is 0.219. The number of fused-ring (bicyclic) bond motifs is 2. The Labute approximate surface area is 251 Å². The zero-order valence-electron chi connectivity index (χ0n) is 23.7. The van der Waals surface area contributed by atoms with Crippen LogP contribution in [0.5, 0.6) is 0 Å². The minimum absolute atomic E-state index is 0.592. The quantitative estimate of drug-likeness (QED) is 0.208. The summed E-state index contributed by atoms with van der Waals surface area (Å²) in [4.78, 5) is 17.6. The summed E-state index contributed by atoms with van der Waals surface area (Å²) in [7, 11) is 1.91. The van der Waals surface area contributed by atoms with E-state index in [0.29, 0.717) is 10.6 Å². The third-order valence-corrected chi connectivity index (χ3v) is 8.35. The number of thiazole rings is 1. The summed E-state index contributed by atoms with van der Waals surface area (Å²) in [6, 6.07) is 17.4. The van der Waals surface area contributed by atoms with Crippen molar-refractivity contribution in [2.45, 2.75) is 39.4 Å². The molecule has 0 radical (unpaired) electrons. The molecule has 0 unspecified atom stereocenters. The van der Waals surface area contributed by atoms with E-state index in [9.17, 15) is 9.90 Å². The maximum absolute atomic E-state index is 12.6. The summed E-state index contributed by atoms with van der Waals surface area (Å²) in [5, 5.41) is 25.7. The van der Waals surface area contributed by atoms with Gasteiger partial charge in [0, 0.05) is 39.7 Å². The Morgan fingerprint density at radius 3 is 2.48 bits per heavy atom. The van der Waals surface area contributed by atoms with E-state index in [1.807, 2.05) is 88.1 Å². The highest BCUT2D eigenvalue weighted by atomic mass is 35.5. The normalized spacial score (nSPS) is 12.7. The summed E-state index contributed by atoms with van der Waals surface area (Å²) in [6.07, 6.45) is 2.35. The van der Waals surface area contributed by atoms with Gasteiger partial charge in [-0.15, -0.1) is 11.3 Å². The molecule has 6 rings (SSSR count). The number of hydrogen-bond acceptors (Lipinski definition) is 7. The van der Waals surface area contributed by atoms with Gasteiger partial charge in [-0.3, -0.25) is 4.68 Å². The van der Waals surface area contributed by atoms with E-state index in [1.54, 1.807) is 18.3 Å². The molecule has 0 aliphatic heterocycles. The highest BCUT2D eigenvalue weighted by Crippen LogP contribution is 2.44. The molecule has 0 aliphatic carbocycles. The van der Waals surface area contributed by atoms with Gasteiger partial charge >= 0.3 is 5.97 Å². The predicted octanol–water partition coefficient (Wildman–Crippen LogP) is 7.88. The molecule has 8 nitrogen and oxygen atoms in total. The molecule has 6 aromatic rings. The van der Waals surface area contributed by atoms with Crippen LogP contribution in [0.1, 0.15) is 38.0 Å². The second-order valence-electron chi connectivity index (χ2n) is 11.2. The summed E-state index contributed by atoms with van der Waals surface area (Å²) in [5.41, 5.74) is 6.55. The lowest BCUT2D eigenvalue weighted by Crippen LogP contribution is -2.28. The molecule has 10 heteroatoms. The molecule has 42 heavy (non-hydrogen) atoms. The maximum Gasteiger partial charge on any atom is 0.337 e. The van der Waals surface area contributed by atoms with E-state index in [0.717, 1.165) is 59.6 Å². The van der Waals surface area contributed by atoms with Crippen molar-refractivity contribution in [1.29, 1.82) is 0 Å². The molecule has 0 fully saturated rings. The number of carboxylic acids is 1. The first kappa shape index (κ1) is 28.0. The summed E-state index contributed by atoms with van der Waals surface area (Å²) < 4.78 is 8.81. The standard InChI is InChI=1S/C32H28ClN5O3S/c1-17-12-24-29(27(18-6-9-22(33)10-7-18)26(17)28(31(39)40)41-32(2,3)4)42-30(36-24)21-14-23(37-34-15-21)19-8-11-25-20(13-19)16-35-38(25)5/h6-16,28H,1-5H3,(H,39,40)/t28-/m0/s1. The first-order valence-corrected chi connectivity index (χ1v) is 14.5. The van der Waals surface area contributed by atoms with Crippen LogP contribution in [0.4, 0.5) is 0 Å². The average molecular weight is 598 g/mol. The monoisotopic (exact) mass is 597 g/mol. The molecule has 1 atom stereocenters. The van der Waals surface area contributed by atoms with Gasteiger partial charge in [-0.25, -0.2) is 9.78 Å². The minimum atomic E-state index is -1.18. The van der Waals surface area contributed by atoms with Crippen molar-refractivity contribution in [2.75, 3.05) is 0 Å². The highest BCUT2D eigenvalue weighted by molar-refractivity contribution is 7.22. The average Bonchev–Trinajstić information content (AvgIpc) is 3.54. The molecular formula is C32H28ClN5O3S. The van der Waals surface area contributed by atoms with Crippen molar-refractivity contribution in [3.05, 3.63) is 83.1 Å². The van der Waals surface area contributed by atoms with Crippen LogP contribution in [0.25, 0.3) is 54.1 Å². The Morgan fingerprint density at radius 2 is 1.76 bits per heavy atom. The zero-order chi connectivity index (χ0) is 29.8. The van der Waals surface area contributed by atoms with Crippen molar-refractivity contribution >= 4 is 50.0 Å². The third-order valence-electron chi connectivity index (χ3n) is 6.96. The molecule has 212 valence electrons. The van der Waals surface area contributed by atoms with Crippen molar-refractivity contribution < 1.29 is 14.6 Å². The second kappa shape index (κ2) is 10.6. The third kappa shape index (κ3) is 5.27. The molecular weight excluding hydrogens is 570 g/mol. The van der Waals surface area contributed by atoms with Gasteiger partial charge in [0.2, 0.25) is 0 Å². The number of carbonyl (C=O) groups is 1. The molecule has 0 spiro atoms. The van der Waals surface area contributed by atoms with Crippen LogP contribution in [0.3, 0.4) is 0 Å². The zero-order valence-corrected chi connectivity index (χ0v) is 25.3. The summed E-state index contributed by atoms with van der Waals surface area (Å²) in [5.74, 6) is -1.05. The topological polar surface area (TPSA) is 103 Å². The van der Waals surface area contributed by atoms with E-state index < -0.39 is 17.7 Å². The van der Waals surface area contributed by atoms with E-state index >= 15 is 0 Å². The first-order chi connectivity index (χ1) is 20.0. The van der Waals surface area contributed by atoms with Crippen LogP contribution in [0, 0.1) is 6.92 Å². The number of rotatable bonds is 6. The summed E-state index contributed by atoms with van der Waals surface area (Å²) >= 11 is 7.71. The molecule has 3 aromatic carbocycles. The number of aliphatic carboxylic acids is 1. The van der Waals surface area contributed by atoms with Crippen LogP contribution in [0.2, 0.25) is 5.02 Å². The Morgan fingerprint density at radius 1 is 1.02 bits per heavy atom. The molecule has 0 amide bonds. The van der Waals surface area contributed by atoms with Gasteiger partial charge in [0.25, 0.3) is 0 Å². The number of aromatic nitrogens is 5. The van der Waals surface area contributed by atoms with E-state index in [2.05, 4.69) is 15.3 Å². The Balaban J connectivity index is 1.53. The Bertz CT molecular complexity index is 1980. The molecule has 0 aliphatic rings. The maximum atomic E-state index is 12.6. The molecule has 3 aromatic heterocycles. The Kier molecular flexibility index (Phi) is 7.04. The minimum Gasteiger partial charge on any atom is -0.479 e. The molecule has 3 heterocycles. The number of aryl methyl sites for hydroxylation is 2. The van der Waals surface area contributed by atoms with Crippen LogP contribution < -0.4 is 0 Å². The molecule has 0 saturated carbocycles. The van der Waals surface area contributed by atoms with Gasteiger partial charge in [0.15, 0.2) is 6.10 Å². The van der Waals surface area contributed by atoms with Gasteiger partial charge in [-0.1, -0.05) is 29.8 Å². The van der Waals surface area contributed by atoms with Crippen LogP contribution in [-0.4, -0.2) is 41.6 Å². The van der Waals surface area contributed by atoms with Crippen molar-refractivity contribution in [3.63, 3.8) is 0 Å². The first-order valence-electron chi connectivity index (χ1n) is 13.3. The number of hydrogen-bond donors (Lipinski definition) is 1. The van der Waals surface area contributed by atoms with E-state index in [-0.39, 0.29) is 0 Å². The second-order valence-corrected chi connectivity index (χ2v) is 12.6. The Hall–Kier alpha value is -4.18. The van der Waals surface area contributed by atoms with Crippen LogP contribution >= 0.6 is 22.9 Å². The number of nitrogens with zero attached hydrogens (tertiary/aromatic N) is 5. The van der Waals surface area contributed by atoms with Crippen LogP contribution in [-0.2, 0) is 16.6 Å². The smallest absolute Gasteiger partial charge is 0.337 e. The van der Waals surface area contributed by atoms with Gasteiger partial charge < -0.3 is 9.84 Å². The van der Waals surface area contributed by atoms with Gasteiger partial charge in [-0.2, -0.15) is 15.3 Å². The van der Waals surface area contributed by atoms with Crippen molar-refractivity contribution in [2.24, 2.45) is 7.05 Å². The highest BCUT2D eigenvalue weighted by Gasteiger charge is 2.32. The lowest BCUT2D eigenvalue weighted by atomic mass is 9.91. The van der Waals surface area contributed by atoms with Crippen LogP contribution in [0.15, 0.2) is 67.0 Å². The SMILES string of the molecule is Cc1cc2nc(-c3cnnc(-c4ccc5c(cnn5C)c4)c3)sc2c(-c2ccc(Cl)cc2)c1[C@H](OC(C)(C)C)C(=O)O. The van der Waals surface area contributed by atoms with Gasteiger partial charge in [0.1, 0.15) is 5.01 Å². The lowest BCUT2D eigenvalue weighted by Gasteiger charge is -2.28. The predicted molar refractivity (Wildman–Crippen MR) is 167 cm³/mol. The van der Waals surface area contributed by atoms with E-state index in [1.165, 1.54) is 11.3 Å². The summed E-state index contributed by atoms with van der Waals surface area (Å²) in [6.45, 7) is 7.45. The number of halogens is 1. The van der Waals surface area contributed by atoms with Crippen molar-refractivity contribution in [1.82, 2.24) is 25.0 Å². The van der Waals surface area contributed by atoms with Crippen molar-refractivity contribution in [3.8, 4) is 33.0 Å². The number of carboxylic acid groups (broad SMARTS) is 1. The van der Waals surface area contributed by atoms with E-state index in [4.69, 9.17) is 21.3 Å². The van der Waals surface area contributed by atoms with Gasteiger partial charge in [-0.05, 0) is 75.2 Å². The molecule has 0 saturated heterocycles. The lowest BCUT2D eigenvalue weighted by molar-refractivity contribution is -0.160.